The molecule has 1 aromatic heterocycles. The summed E-state index contributed by atoms with van der Waals surface area (Å²) in [6.07, 6.45) is 0. The molecule has 0 fully saturated rings. The third-order valence-electron chi connectivity index (χ3n) is 1.86. The summed E-state index contributed by atoms with van der Waals surface area (Å²) in [6.45, 7) is 0. The Hall–Kier alpha value is -0.640. The largest absolute Gasteiger partial charge is 0.165 e. The molecule has 1 heterocycles. The Labute approximate surface area is 105 Å². The quantitative estimate of drug-likeness (QED) is 0.788. The van der Waals surface area contributed by atoms with E-state index in [0.717, 1.165) is 5.56 Å². The summed E-state index contributed by atoms with van der Waals surface area (Å²) >= 11 is 15.1. The number of halogens is 3. The molecule has 0 radical (unpaired) electrons. The Kier molecular flexibility index (Phi) is 3.24. The topological polar surface area (TPSA) is 25.8 Å². The Morgan fingerprint density at radius 2 is 1.80 bits per heavy atom. The lowest BCUT2D eigenvalue weighted by atomic mass is 10.1. The van der Waals surface area contributed by atoms with Crippen LogP contribution >= 0.6 is 39.1 Å². The van der Waals surface area contributed by atoms with E-state index in [9.17, 15) is 0 Å². The van der Waals surface area contributed by atoms with Crippen LogP contribution in [-0.4, -0.2) is 10.2 Å². The van der Waals surface area contributed by atoms with Crippen LogP contribution in [0.2, 0.25) is 10.2 Å². The Balaban J connectivity index is 2.55. The van der Waals surface area contributed by atoms with Gasteiger partial charge < -0.3 is 0 Å². The van der Waals surface area contributed by atoms with Crippen molar-refractivity contribution < 1.29 is 0 Å². The molecule has 2 aromatic rings. The molecule has 0 aliphatic carbocycles. The fraction of sp³-hybridized carbons (Fsp3) is 0. The van der Waals surface area contributed by atoms with Gasteiger partial charge in [0.15, 0.2) is 5.15 Å². The first-order valence-corrected chi connectivity index (χ1v) is 5.67. The molecule has 0 spiro atoms. The van der Waals surface area contributed by atoms with Crippen LogP contribution in [0.15, 0.2) is 34.8 Å². The molecule has 0 saturated heterocycles. The third kappa shape index (κ3) is 2.30. The third-order valence-corrected chi connectivity index (χ3v) is 3.30. The van der Waals surface area contributed by atoms with Gasteiger partial charge in [-0.1, -0.05) is 41.4 Å². The molecule has 15 heavy (non-hydrogen) atoms. The molecule has 0 unspecified atom stereocenters. The summed E-state index contributed by atoms with van der Waals surface area (Å²) in [6, 6.07) is 9.24. The van der Waals surface area contributed by atoms with Crippen molar-refractivity contribution in [1.82, 2.24) is 10.2 Å². The predicted octanol–water partition coefficient (Wildman–Crippen LogP) is 4.21. The van der Waals surface area contributed by atoms with Gasteiger partial charge in [-0.3, -0.25) is 0 Å². The lowest BCUT2D eigenvalue weighted by molar-refractivity contribution is 1.03. The van der Waals surface area contributed by atoms with E-state index in [1.54, 1.807) is 12.1 Å². The zero-order valence-corrected chi connectivity index (χ0v) is 10.5. The minimum atomic E-state index is 0.339. The maximum Gasteiger partial charge on any atom is 0.165 e. The molecule has 0 saturated carbocycles. The summed E-state index contributed by atoms with van der Waals surface area (Å²) in [5, 5.41) is 8.76. The van der Waals surface area contributed by atoms with Gasteiger partial charge in [-0.05, 0) is 28.1 Å². The van der Waals surface area contributed by atoms with Gasteiger partial charge in [0.1, 0.15) is 0 Å². The molecule has 5 heteroatoms. The van der Waals surface area contributed by atoms with E-state index < -0.39 is 0 Å². The van der Waals surface area contributed by atoms with E-state index in [0.29, 0.717) is 20.3 Å². The van der Waals surface area contributed by atoms with E-state index >= 15 is 0 Å². The minimum Gasteiger partial charge on any atom is -0.149 e. The molecule has 0 bridgehead atoms. The van der Waals surface area contributed by atoms with E-state index in [1.807, 2.05) is 18.2 Å². The summed E-state index contributed by atoms with van der Waals surface area (Å²) < 4.78 is 0.703. The highest BCUT2D eigenvalue weighted by Crippen LogP contribution is 2.29. The van der Waals surface area contributed by atoms with Crippen LogP contribution in [0.25, 0.3) is 11.3 Å². The molecule has 0 aliphatic heterocycles. The highest BCUT2D eigenvalue weighted by Gasteiger charge is 2.07. The van der Waals surface area contributed by atoms with Gasteiger partial charge in [-0.15, -0.1) is 10.2 Å². The first-order chi connectivity index (χ1) is 7.18. The SMILES string of the molecule is Clc1ccccc1-c1cc(Br)c(Cl)nn1. The molecule has 0 aliphatic rings. The zero-order valence-electron chi connectivity index (χ0n) is 7.42. The van der Waals surface area contributed by atoms with Crippen LogP contribution < -0.4 is 0 Å². The molecule has 1 aromatic carbocycles. The van der Waals surface area contributed by atoms with Gasteiger partial charge in [0.05, 0.1) is 15.2 Å². The summed E-state index contributed by atoms with van der Waals surface area (Å²) in [7, 11) is 0. The lowest BCUT2D eigenvalue weighted by Gasteiger charge is -2.03. The minimum absolute atomic E-state index is 0.339. The second-order valence-corrected chi connectivity index (χ2v) is 4.47. The molecule has 0 atom stereocenters. The number of benzene rings is 1. The molecule has 2 rings (SSSR count). The molecule has 0 amide bonds. The fourth-order valence-corrected chi connectivity index (χ4v) is 1.78. The van der Waals surface area contributed by atoms with Crippen LogP contribution in [0.3, 0.4) is 0 Å². The highest BCUT2D eigenvalue weighted by atomic mass is 79.9. The van der Waals surface area contributed by atoms with E-state index in [2.05, 4.69) is 26.1 Å². The number of hydrogen-bond donors (Lipinski definition) is 0. The van der Waals surface area contributed by atoms with Crippen molar-refractivity contribution in [3.05, 3.63) is 45.0 Å². The zero-order chi connectivity index (χ0) is 10.8. The van der Waals surface area contributed by atoms with Gasteiger partial charge in [0.25, 0.3) is 0 Å². The van der Waals surface area contributed by atoms with Gasteiger partial charge in [0, 0.05) is 5.56 Å². The van der Waals surface area contributed by atoms with Gasteiger partial charge in [0.2, 0.25) is 0 Å². The van der Waals surface area contributed by atoms with Crippen molar-refractivity contribution in [3.8, 4) is 11.3 Å². The first kappa shape index (κ1) is 10.9. The number of aromatic nitrogens is 2. The average molecular weight is 304 g/mol. The average Bonchev–Trinajstić information content (AvgIpc) is 2.23. The van der Waals surface area contributed by atoms with E-state index in [-0.39, 0.29) is 0 Å². The fourth-order valence-electron chi connectivity index (χ4n) is 1.15. The Morgan fingerprint density at radius 1 is 1.07 bits per heavy atom. The summed E-state index contributed by atoms with van der Waals surface area (Å²) in [5.74, 6) is 0. The first-order valence-electron chi connectivity index (χ1n) is 4.12. The number of rotatable bonds is 1. The molecular weight excluding hydrogens is 299 g/mol. The van der Waals surface area contributed by atoms with Crippen LogP contribution in [0.5, 0.6) is 0 Å². The van der Waals surface area contributed by atoms with Crippen LogP contribution in [0, 0.1) is 0 Å². The van der Waals surface area contributed by atoms with Crippen molar-refractivity contribution in [2.45, 2.75) is 0 Å². The van der Waals surface area contributed by atoms with Gasteiger partial charge in [-0.2, -0.15) is 0 Å². The van der Waals surface area contributed by atoms with Crippen molar-refractivity contribution in [2.75, 3.05) is 0 Å². The van der Waals surface area contributed by atoms with E-state index in [4.69, 9.17) is 23.2 Å². The maximum atomic E-state index is 6.03. The van der Waals surface area contributed by atoms with Crippen molar-refractivity contribution in [2.24, 2.45) is 0 Å². The molecular formula is C10H5BrCl2N2. The summed E-state index contributed by atoms with van der Waals surface area (Å²) in [4.78, 5) is 0. The normalized spacial score (nSPS) is 10.3. The van der Waals surface area contributed by atoms with Crippen molar-refractivity contribution in [3.63, 3.8) is 0 Å². The standard InChI is InChI=1S/C10H5BrCl2N2/c11-7-5-9(14-15-10(7)13)6-3-1-2-4-8(6)12/h1-5H. The lowest BCUT2D eigenvalue weighted by Crippen LogP contribution is -1.89. The van der Waals surface area contributed by atoms with Crippen LogP contribution in [0.4, 0.5) is 0 Å². The molecule has 76 valence electrons. The maximum absolute atomic E-state index is 6.03. The summed E-state index contributed by atoms with van der Waals surface area (Å²) in [5.41, 5.74) is 1.53. The van der Waals surface area contributed by atoms with Gasteiger partial charge >= 0.3 is 0 Å². The van der Waals surface area contributed by atoms with Gasteiger partial charge in [-0.25, -0.2) is 0 Å². The number of nitrogens with zero attached hydrogens (tertiary/aromatic N) is 2. The molecule has 2 nitrogen and oxygen atoms in total. The second kappa shape index (κ2) is 4.47. The van der Waals surface area contributed by atoms with Crippen molar-refractivity contribution in [1.29, 1.82) is 0 Å². The van der Waals surface area contributed by atoms with Crippen LogP contribution in [-0.2, 0) is 0 Å². The van der Waals surface area contributed by atoms with Crippen LogP contribution in [0.1, 0.15) is 0 Å². The Bertz CT molecular complexity index is 503. The monoisotopic (exact) mass is 302 g/mol. The second-order valence-electron chi connectivity index (χ2n) is 2.85. The molecule has 0 N–H and O–H groups in total. The highest BCUT2D eigenvalue weighted by molar-refractivity contribution is 9.10. The van der Waals surface area contributed by atoms with E-state index in [1.165, 1.54) is 0 Å². The number of hydrogen-bond acceptors (Lipinski definition) is 2. The van der Waals surface area contributed by atoms with Crippen molar-refractivity contribution >= 4 is 39.1 Å². The predicted molar refractivity (Wildman–Crippen MR) is 65.2 cm³/mol. The smallest absolute Gasteiger partial charge is 0.149 e. The Morgan fingerprint density at radius 3 is 2.47 bits per heavy atom.